The molecule has 0 aliphatic carbocycles. The Labute approximate surface area is 116 Å². The fourth-order valence-corrected chi connectivity index (χ4v) is 1.77. The van der Waals surface area contributed by atoms with E-state index in [-0.39, 0.29) is 17.4 Å². The Bertz CT molecular complexity index is 514. The van der Waals surface area contributed by atoms with Gasteiger partial charge in [0.25, 0.3) is 5.91 Å². The molecule has 1 rings (SSSR count). The molecule has 0 saturated carbocycles. The van der Waals surface area contributed by atoms with Crippen molar-refractivity contribution in [2.45, 2.75) is 6.04 Å². The summed E-state index contributed by atoms with van der Waals surface area (Å²) in [4.78, 5) is 10.7. The molecule has 102 valence electrons. The molecule has 3 N–H and O–H groups in total. The number of benzene rings is 1. The van der Waals surface area contributed by atoms with Crippen molar-refractivity contribution in [3.63, 3.8) is 0 Å². The molecule has 0 spiro atoms. The van der Waals surface area contributed by atoms with E-state index in [1.165, 1.54) is 7.11 Å². The molecule has 7 heteroatoms. The highest BCUT2D eigenvalue weighted by Crippen LogP contribution is 2.37. The summed E-state index contributed by atoms with van der Waals surface area (Å²) < 4.78 is 10.3. The fraction of sp³-hybridized carbons (Fsp3) is 0.333. The maximum atomic E-state index is 10.7. The normalized spacial score (nSPS) is 11.5. The van der Waals surface area contributed by atoms with Gasteiger partial charge in [0, 0.05) is 0 Å². The zero-order chi connectivity index (χ0) is 14.4. The summed E-state index contributed by atoms with van der Waals surface area (Å²) in [5.41, 5.74) is 5.64. The Balaban J connectivity index is 3.14. The summed E-state index contributed by atoms with van der Waals surface area (Å²) in [6.07, 6.45) is 0. The number of hydrogen-bond donors (Lipinski definition) is 2. The van der Waals surface area contributed by atoms with E-state index in [0.29, 0.717) is 11.3 Å². The van der Waals surface area contributed by atoms with Crippen LogP contribution in [0.1, 0.15) is 11.6 Å². The molecule has 0 aromatic heterocycles. The molecule has 0 bridgehead atoms. The first-order valence-electron chi connectivity index (χ1n) is 5.38. The molecule has 0 saturated heterocycles. The number of carbonyl (C=O) groups excluding carboxylic acids is 1. The van der Waals surface area contributed by atoms with Gasteiger partial charge >= 0.3 is 0 Å². The SMILES string of the molecule is CNC(C#N)c1cc(Cl)c(OCC(N)=O)c(OC)c1. The third kappa shape index (κ3) is 3.74. The number of hydrogen-bond acceptors (Lipinski definition) is 5. The van der Waals surface area contributed by atoms with E-state index >= 15 is 0 Å². The summed E-state index contributed by atoms with van der Waals surface area (Å²) in [6, 6.07) is 4.75. The average molecular weight is 284 g/mol. The van der Waals surface area contributed by atoms with E-state index in [1.807, 2.05) is 0 Å². The van der Waals surface area contributed by atoms with Gasteiger partial charge in [-0.15, -0.1) is 0 Å². The molecule has 1 atom stereocenters. The van der Waals surface area contributed by atoms with Crippen molar-refractivity contribution >= 4 is 17.5 Å². The van der Waals surface area contributed by atoms with Crippen LogP contribution in [0.3, 0.4) is 0 Å². The van der Waals surface area contributed by atoms with Crippen LogP contribution in [-0.4, -0.2) is 26.7 Å². The van der Waals surface area contributed by atoms with Crippen LogP contribution >= 0.6 is 11.6 Å². The predicted octanol–water partition coefficient (Wildman–Crippen LogP) is 0.997. The number of methoxy groups -OCH3 is 1. The monoisotopic (exact) mass is 283 g/mol. The quantitative estimate of drug-likeness (QED) is 0.811. The Morgan fingerprint density at radius 2 is 2.32 bits per heavy atom. The number of rotatable bonds is 6. The van der Waals surface area contributed by atoms with Crippen LogP contribution in [0.2, 0.25) is 5.02 Å². The predicted molar refractivity (Wildman–Crippen MR) is 70.1 cm³/mol. The lowest BCUT2D eigenvalue weighted by atomic mass is 10.1. The zero-order valence-electron chi connectivity index (χ0n) is 10.6. The van der Waals surface area contributed by atoms with Gasteiger partial charge in [-0.05, 0) is 24.7 Å². The molecule has 0 fully saturated rings. The van der Waals surface area contributed by atoms with E-state index in [0.717, 1.165) is 0 Å². The number of nitrogens with two attached hydrogens (primary N) is 1. The first-order valence-corrected chi connectivity index (χ1v) is 5.76. The summed E-state index contributed by atoms with van der Waals surface area (Å²) in [7, 11) is 3.10. The van der Waals surface area contributed by atoms with Crippen LogP contribution in [0, 0.1) is 11.3 Å². The maximum absolute atomic E-state index is 10.7. The van der Waals surface area contributed by atoms with Gasteiger partial charge in [0.05, 0.1) is 18.2 Å². The fourth-order valence-electron chi connectivity index (χ4n) is 1.50. The Hall–Kier alpha value is -1.97. The Morgan fingerprint density at radius 1 is 1.63 bits per heavy atom. The average Bonchev–Trinajstić information content (AvgIpc) is 2.38. The number of amides is 1. The number of primary amides is 1. The lowest BCUT2D eigenvalue weighted by molar-refractivity contribution is -0.119. The zero-order valence-corrected chi connectivity index (χ0v) is 11.3. The Morgan fingerprint density at radius 3 is 2.79 bits per heavy atom. The lowest BCUT2D eigenvalue weighted by Gasteiger charge is -2.15. The van der Waals surface area contributed by atoms with Gasteiger partial charge in [-0.1, -0.05) is 11.6 Å². The first-order chi connectivity index (χ1) is 9.03. The van der Waals surface area contributed by atoms with Gasteiger partial charge in [-0.2, -0.15) is 5.26 Å². The summed E-state index contributed by atoms with van der Waals surface area (Å²) in [6.45, 7) is -0.302. The maximum Gasteiger partial charge on any atom is 0.255 e. The number of nitrogens with one attached hydrogen (secondary N) is 1. The molecule has 1 amide bonds. The minimum Gasteiger partial charge on any atom is -0.493 e. The van der Waals surface area contributed by atoms with E-state index in [9.17, 15) is 4.79 Å². The van der Waals surface area contributed by atoms with Gasteiger partial charge in [0.2, 0.25) is 0 Å². The molecule has 0 radical (unpaired) electrons. The summed E-state index contributed by atoms with van der Waals surface area (Å²) in [5, 5.41) is 12.1. The topological polar surface area (TPSA) is 97.4 Å². The van der Waals surface area contributed by atoms with Crippen LogP contribution in [0.15, 0.2) is 12.1 Å². The van der Waals surface area contributed by atoms with Gasteiger partial charge in [-0.25, -0.2) is 0 Å². The second-order valence-electron chi connectivity index (χ2n) is 3.64. The number of halogens is 1. The van der Waals surface area contributed by atoms with Gasteiger partial charge < -0.3 is 20.5 Å². The first kappa shape index (κ1) is 15.1. The lowest BCUT2D eigenvalue weighted by Crippen LogP contribution is -2.20. The van der Waals surface area contributed by atoms with E-state index in [2.05, 4.69) is 11.4 Å². The number of nitrogens with zero attached hydrogens (tertiary/aromatic N) is 1. The molecular formula is C12H14ClN3O3. The van der Waals surface area contributed by atoms with E-state index < -0.39 is 11.9 Å². The van der Waals surface area contributed by atoms with Crippen LogP contribution in [0.5, 0.6) is 11.5 Å². The molecular weight excluding hydrogens is 270 g/mol. The molecule has 1 aromatic carbocycles. The van der Waals surface area contributed by atoms with Crippen LogP contribution in [0.4, 0.5) is 0 Å². The van der Waals surface area contributed by atoms with Crippen molar-refractivity contribution in [3.8, 4) is 17.6 Å². The van der Waals surface area contributed by atoms with Gasteiger partial charge in [0.15, 0.2) is 18.1 Å². The summed E-state index contributed by atoms with van der Waals surface area (Å²) >= 11 is 6.06. The van der Waals surface area contributed by atoms with E-state index in [1.54, 1.807) is 19.2 Å². The molecule has 19 heavy (non-hydrogen) atoms. The second-order valence-corrected chi connectivity index (χ2v) is 4.05. The van der Waals surface area contributed by atoms with Crippen LogP contribution < -0.4 is 20.5 Å². The molecule has 1 unspecified atom stereocenters. The van der Waals surface area contributed by atoms with Crippen LogP contribution in [-0.2, 0) is 4.79 Å². The summed E-state index contributed by atoms with van der Waals surface area (Å²) in [5.74, 6) is -0.0638. The minimum atomic E-state index is -0.618. The molecule has 0 aliphatic rings. The third-order valence-corrected chi connectivity index (χ3v) is 2.64. The van der Waals surface area contributed by atoms with Crippen molar-refractivity contribution < 1.29 is 14.3 Å². The van der Waals surface area contributed by atoms with Crippen LogP contribution in [0.25, 0.3) is 0 Å². The van der Waals surface area contributed by atoms with Crippen molar-refractivity contribution in [1.82, 2.24) is 5.32 Å². The van der Waals surface area contributed by atoms with Crippen molar-refractivity contribution in [3.05, 3.63) is 22.7 Å². The number of carbonyl (C=O) groups is 1. The highest BCUT2D eigenvalue weighted by atomic mass is 35.5. The highest BCUT2D eigenvalue weighted by Gasteiger charge is 2.17. The number of ether oxygens (including phenoxy) is 2. The second kappa shape index (κ2) is 6.83. The van der Waals surface area contributed by atoms with Crippen molar-refractivity contribution in [1.29, 1.82) is 5.26 Å². The third-order valence-electron chi connectivity index (χ3n) is 2.36. The van der Waals surface area contributed by atoms with Gasteiger partial charge in [-0.3, -0.25) is 4.79 Å². The van der Waals surface area contributed by atoms with Crippen molar-refractivity contribution in [2.75, 3.05) is 20.8 Å². The highest BCUT2D eigenvalue weighted by molar-refractivity contribution is 6.32. The molecule has 0 heterocycles. The molecule has 6 nitrogen and oxygen atoms in total. The minimum absolute atomic E-state index is 0.222. The van der Waals surface area contributed by atoms with E-state index in [4.69, 9.17) is 32.1 Å². The standard InChI is InChI=1S/C12H14ClN3O3/c1-16-9(5-14)7-3-8(13)12(10(4-7)18-2)19-6-11(15)17/h3-4,9,16H,6H2,1-2H3,(H2,15,17). The smallest absolute Gasteiger partial charge is 0.255 e. The Kier molecular flexibility index (Phi) is 5.42. The largest absolute Gasteiger partial charge is 0.493 e. The molecule has 1 aromatic rings. The van der Waals surface area contributed by atoms with Gasteiger partial charge in [0.1, 0.15) is 6.04 Å². The van der Waals surface area contributed by atoms with Crippen molar-refractivity contribution in [2.24, 2.45) is 5.73 Å². The number of nitriles is 1. The molecule has 0 aliphatic heterocycles.